The summed E-state index contributed by atoms with van der Waals surface area (Å²) in [6.45, 7) is 6.13. The highest BCUT2D eigenvalue weighted by atomic mass is 79.9. The normalized spacial score (nSPS) is 11.0. The fourth-order valence-electron chi connectivity index (χ4n) is 2.78. The van der Waals surface area contributed by atoms with Crippen LogP contribution in [0.5, 0.6) is 0 Å². The van der Waals surface area contributed by atoms with E-state index in [0.29, 0.717) is 0 Å². The fourth-order valence-corrected chi connectivity index (χ4v) is 4.90. The predicted molar refractivity (Wildman–Crippen MR) is 130 cm³/mol. The highest BCUT2D eigenvalue weighted by Gasteiger charge is 2.13. The average molecular weight is 506 g/mol. The third-order valence-electron chi connectivity index (χ3n) is 4.87. The molecule has 1 heterocycles. The molecule has 1 N–H and O–H groups in total. The molecule has 8 heteroatoms. The van der Waals surface area contributed by atoms with Crippen molar-refractivity contribution in [1.29, 1.82) is 0 Å². The van der Waals surface area contributed by atoms with Gasteiger partial charge in [0.15, 0.2) is 5.16 Å². The number of nitrogens with zero attached hydrogens (tertiary/aromatic N) is 3. The smallest absolute Gasteiger partial charge is 0.234 e. The zero-order valence-electron chi connectivity index (χ0n) is 17.5. The Balaban J connectivity index is 1.50. The average Bonchev–Trinajstić information content (AvgIpc) is 3.08. The Hall–Kier alpha value is -1.77. The van der Waals surface area contributed by atoms with E-state index in [1.807, 2.05) is 49.4 Å². The highest BCUT2D eigenvalue weighted by molar-refractivity contribution is 9.10. The molecule has 158 valence electrons. The van der Waals surface area contributed by atoms with Gasteiger partial charge in [0.05, 0.1) is 11.5 Å². The van der Waals surface area contributed by atoms with Crippen LogP contribution in [0.2, 0.25) is 0 Å². The second kappa shape index (κ2) is 10.5. The molecule has 0 unspecified atom stereocenters. The van der Waals surface area contributed by atoms with Crippen LogP contribution in [0.3, 0.4) is 0 Å². The molecule has 2 aromatic carbocycles. The van der Waals surface area contributed by atoms with Crippen molar-refractivity contribution in [3.05, 3.63) is 68.9 Å². The van der Waals surface area contributed by atoms with Gasteiger partial charge in [-0.1, -0.05) is 57.5 Å². The summed E-state index contributed by atoms with van der Waals surface area (Å²) in [5, 5.41) is 12.3. The van der Waals surface area contributed by atoms with Crippen molar-refractivity contribution in [3.8, 4) is 0 Å². The number of anilines is 1. The molecule has 0 aliphatic heterocycles. The maximum absolute atomic E-state index is 12.4. The molecule has 3 rings (SSSR count). The quantitative estimate of drug-likeness (QED) is 0.400. The lowest BCUT2D eigenvalue weighted by Crippen LogP contribution is -2.15. The number of benzene rings is 2. The van der Waals surface area contributed by atoms with Crippen LogP contribution in [0.15, 0.2) is 46.0 Å². The van der Waals surface area contributed by atoms with Gasteiger partial charge in [-0.05, 0) is 49.6 Å². The second-order valence-corrected chi connectivity index (χ2v) is 9.90. The Morgan fingerprint density at radius 3 is 2.50 bits per heavy atom. The van der Waals surface area contributed by atoms with Crippen LogP contribution >= 0.6 is 39.5 Å². The molecule has 30 heavy (non-hydrogen) atoms. The van der Waals surface area contributed by atoms with Crippen LogP contribution < -0.4 is 5.32 Å². The number of halogens is 1. The van der Waals surface area contributed by atoms with Crippen molar-refractivity contribution >= 4 is 51.0 Å². The SMILES string of the molecule is Cc1ccc(CSCc2nnc(SCC(=O)Nc3ccc(Br)c(C)c3C)n2C)cc1. The lowest BCUT2D eigenvalue weighted by molar-refractivity contribution is -0.113. The zero-order valence-corrected chi connectivity index (χ0v) is 20.7. The van der Waals surface area contributed by atoms with Crippen LogP contribution in [-0.4, -0.2) is 26.4 Å². The molecule has 0 spiro atoms. The van der Waals surface area contributed by atoms with Gasteiger partial charge in [-0.2, -0.15) is 0 Å². The first-order valence-electron chi connectivity index (χ1n) is 9.55. The first-order chi connectivity index (χ1) is 14.3. The van der Waals surface area contributed by atoms with Crippen LogP contribution in [0, 0.1) is 20.8 Å². The Morgan fingerprint density at radius 2 is 1.77 bits per heavy atom. The Bertz CT molecular complexity index is 1030. The van der Waals surface area contributed by atoms with Crippen LogP contribution in [0.4, 0.5) is 5.69 Å². The summed E-state index contributed by atoms with van der Waals surface area (Å²) in [5.74, 6) is 2.86. The van der Waals surface area contributed by atoms with E-state index < -0.39 is 0 Å². The van der Waals surface area contributed by atoms with E-state index in [-0.39, 0.29) is 11.7 Å². The molecule has 0 bridgehead atoms. The van der Waals surface area contributed by atoms with Crippen molar-refractivity contribution in [2.45, 2.75) is 37.4 Å². The predicted octanol–water partition coefficient (Wildman–Crippen LogP) is 5.67. The zero-order chi connectivity index (χ0) is 21.7. The van der Waals surface area contributed by atoms with E-state index in [4.69, 9.17) is 0 Å². The van der Waals surface area contributed by atoms with Gasteiger partial charge in [-0.25, -0.2) is 0 Å². The Kier molecular flexibility index (Phi) is 8.02. The number of carbonyl (C=O) groups excluding carboxylic acids is 1. The Labute approximate surface area is 194 Å². The summed E-state index contributed by atoms with van der Waals surface area (Å²) < 4.78 is 3.01. The van der Waals surface area contributed by atoms with E-state index in [2.05, 4.69) is 62.6 Å². The topological polar surface area (TPSA) is 59.8 Å². The van der Waals surface area contributed by atoms with E-state index in [1.54, 1.807) is 0 Å². The number of carbonyl (C=O) groups is 1. The minimum atomic E-state index is -0.0527. The summed E-state index contributed by atoms with van der Waals surface area (Å²) in [6.07, 6.45) is 0. The van der Waals surface area contributed by atoms with E-state index in [9.17, 15) is 4.79 Å². The van der Waals surface area contributed by atoms with Crippen LogP contribution in [-0.2, 0) is 23.3 Å². The monoisotopic (exact) mass is 504 g/mol. The van der Waals surface area contributed by atoms with Crippen molar-refractivity contribution in [1.82, 2.24) is 14.8 Å². The molecule has 0 aliphatic carbocycles. The molecule has 0 saturated carbocycles. The lowest BCUT2D eigenvalue weighted by Gasteiger charge is -2.11. The second-order valence-electron chi connectivity index (χ2n) is 7.12. The molecule has 1 aromatic heterocycles. The summed E-state index contributed by atoms with van der Waals surface area (Å²) in [5.41, 5.74) is 5.61. The molecule has 0 radical (unpaired) electrons. The van der Waals surface area contributed by atoms with Crippen LogP contribution in [0.1, 0.15) is 28.1 Å². The van der Waals surface area contributed by atoms with Gasteiger partial charge >= 0.3 is 0 Å². The highest BCUT2D eigenvalue weighted by Crippen LogP contribution is 2.26. The van der Waals surface area contributed by atoms with Gasteiger partial charge < -0.3 is 9.88 Å². The summed E-state index contributed by atoms with van der Waals surface area (Å²) >= 11 is 6.72. The van der Waals surface area contributed by atoms with Crippen molar-refractivity contribution < 1.29 is 4.79 Å². The first-order valence-corrected chi connectivity index (χ1v) is 12.5. The number of thioether (sulfide) groups is 2. The minimum Gasteiger partial charge on any atom is -0.325 e. The molecule has 5 nitrogen and oxygen atoms in total. The third kappa shape index (κ3) is 5.89. The molecule has 3 aromatic rings. The third-order valence-corrected chi connectivity index (χ3v) is 7.75. The van der Waals surface area contributed by atoms with Gasteiger partial charge in [-0.15, -0.1) is 22.0 Å². The molecule has 1 amide bonds. The maximum atomic E-state index is 12.4. The van der Waals surface area contributed by atoms with Crippen molar-refractivity contribution in [3.63, 3.8) is 0 Å². The van der Waals surface area contributed by atoms with E-state index >= 15 is 0 Å². The summed E-state index contributed by atoms with van der Waals surface area (Å²) in [7, 11) is 1.95. The number of rotatable bonds is 8. The molecule has 0 atom stereocenters. The van der Waals surface area contributed by atoms with Gasteiger partial charge in [0, 0.05) is 23.0 Å². The first kappa shape index (κ1) is 22.9. The maximum Gasteiger partial charge on any atom is 0.234 e. The molecule has 0 saturated heterocycles. The number of aromatic nitrogens is 3. The van der Waals surface area contributed by atoms with Gasteiger partial charge in [0.25, 0.3) is 0 Å². The van der Waals surface area contributed by atoms with Gasteiger partial charge in [0.1, 0.15) is 5.82 Å². The molecule has 0 fully saturated rings. The number of aryl methyl sites for hydroxylation is 1. The Morgan fingerprint density at radius 1 is 1.03 bits per heavy atom. The summed E-state index contributed by atoms with van der Waals surface area (Å²) in [4.78, 5) is 12.4. The van der Waals surface area contributed by atoms with E-state index in [0.717, 1.165) is 43.8 Å². The number of nitrogens with one attached hydrogen (secondary N) is 1. The number of hydrogen-bond acceptors (Lipinski definition) is 5. The van der Waals surface area contributed by atoms with E-state index in [1.165, 1.54) is 22.9 Å². The van der Waals surface area contributed by atoms with Gasteiger partial charge in [-0.3, -0.25) is 4.79 Å². The van der Waals surface area contributed by atoms with Crippen LogP contribution in [0.25, 0.3) is 0 Å². The van der Waals surface area contributed by atoms with Gasteiger partial charge in [0.2, 0.25) is 5.91 Å². The molecular formula is C22H25BrN4OS2. The largest absolute Gasteiger partial charge is 0.325 e. The fraction of sp³-hybridized carbons (Fsp3) is 0.318. The van der Waals surface area contributed by atoms with Crippen molar-refractivity contribution in [2.75, 3.05) is 11.1 Å². The number of hydrogen-bond donors (Lipinski definition) is 1. The van der Waals surface area contributed by atoms with Crippen molar-refractivity contribution in [2.24, 2.45) is 7.05 Å². The minimum absolute atomic E-state index is 0.0527. The number of amides is 1. The molecule has 0 aliphatic rings. The lowest BCUT2D eigenvalue weighted by atomic mass is 10.1. The molecular weight excluding hydrogens is 480 g/mol. The standard InChI is InChI=1S/C22H25BrN4OS2/c1-14-5-7-17(8-6-14)11-29-12-20-25-26-22(27(20)4)30-13-21(28)24-19-10-9-18(23)15(2)16(19)3/h5-10H,11-13H2,1-4H3,(H,24,28). The summed E-state index contributed by atoms with van der Waals surface area (Å²) in [6, 6.07) is 12.5.